The number of amides is 1. The Balaban J connectivity index is 1.86. The van der Waals surface area contributed by atoms with Gasteiger partial charge in [-0.3, -0.25) is 14.6 Å². The normalized spacial score (nSPS) is 18.4. The molecule has 1 aromatic heterocycles. The van der Waals surface area contributed by atoms with Crippen molar-refractivity contribution in [2.45, 2.75) is 32.5 Å². The molecule has 0 saturated heterocycles. The van der Waals surface area contributed by atoms with E-state index in [4.69, 9.17) is 9.84 Å². The molecule has 1 aliphatic heterocycles. The molecule has 0 bridgehead atoms. The van der Waals surface area contributed by atoms with Gasteiger partial charge in [0, 0.05) is 37.3 Å². The number of benzene rings is 1. The van der Waals surface area contributed by atoms with E-state index in [0.717, 1.165) is 5.56 Å². The molecule has 1 aliphatic rings. The number of aromatic carboxylic acids is 1. The molecule has 1 aromatic carbocycles. The number of hydrogen-bond donors (Lipinski definition) is 2. The Hall–Kier alpha value is -3.45. The van der Waals surface area contributed by atoms with Crippen LogP contribution < -0.4 is 4.74 Å². The van der Waals surface area contributed by atoms with Gasteiger partial charge >= 0.3 is 5.97 Å². The van der Waals surface area contributed by atoms with Gasteiger partial charge in [-0.2, -0.15) is 0 Å². The lowest BCUT2D eigenvalue weighted by atomic mass is 9.99. The molecule has 1 amide bonds. The average molecular weight is 509 g/mol. The van der Waals surface area contributed by atoms with Crippen LogP contribution in [0.4, 0.5) is 0 Å². The van der Waals surface area contributed by atoms with E-state index >= 15 is 0 Å². The van der Waals surface area contributed by atoms with Crippen LogP contribution >= 0.6 is 0 Å². The highest BCUT2D eigenvalue weighted by Gasteiger charge is 2.34. The quantitative estimate of drug-likeness (QED) is 0.522. The summed E-state index contributed by atoms with van der Waals surface area (Å²) in [5, 5.41) is 19.0. The lowest BCUT2D eigenvalue weighted by Crippen LogP contribution is -2.49. The fourth-order valence-corrected chi connectivity index (χ4v) is 4.12. The molecule has 2 heterocycles. The molecule has 3 atom stereocenters. The van der Waals surface area contributed by atoms with E-state index in [2.05, 4.69) is 21.7 Å². The van der Waals surface area contributed by atoms with Crippen molar-refractivity contribution in [2.75, 3.05) is 47.4 Å². The third kappa shape index (κ3) is 7.52. The van der Waals surface area contributed by atoms with Crippen LogP contribution in [0.2, 0.25) is 0 Å². The summed E-state index contributed by atoms with van der Waals surface area (Å²) in [6.45, 7) is 5.86. The van der Waals surface area contributed by atoms with E-state index in [1.54, 1.807) is 41.4 Å². The molecule has 0 fully saturated rings. The molecule has 9 nitrogen and oxygen atoms in total. The number of aromatic nitrogens is 1. The predicted octanol–water partition coefficient (Wildman–Crippen LogP) is 2.04. The number of nitrogens with zero attached hydrogens (tertiary/aromatic N) is 4. The second-order valence-electron chi connectivity index (χ2n) is 9.94. The molecule has 198 valence electrons. The molecular formula is C28H36N4O5. The van der Waals surface area contributed by atoms with E-state index < -0.39 is 5.97 Å². The Kier molecular flexibility index (Phi) is 9.64. The lowest BCUT2D eigenvalue weighted by Gasteiger charge is -2.37. The van der Waals surface area contributed by atoms with Gasteiger partial charge < -0.3 is 19.8 Å². The Labute approximate surface area is 218 Å². The number of carboxylic acid groups (broad SMARTS) is 1. The first-order valence-electron chi connectivity index (χ1n) is 12.3. The van der Waals surface area contributed by atoms with Gasteiger partial charge in [0.1, 0.15) is 11.7 Å². The summed E-state index contributed by atoms with van der Waals surface area (Å²) in [6, 6.07) is 8.16. The molecule has 9 heteroatoms. The molecule has 37 heavy (non-hydrogen) atoms. The Morgan fingerprint density at radius 3 is 2.59 bits per heavy atom. The predicted molar refractivity (Wildman–Crippen MR) is 141 cm³/mol. The highest BCUT2D eigenvalue weighted by molar-refractivity contribution is 5.97. The van der Waals surface area contributed by atoms with Crippen LogP contribution in [0.1, 0.15) is 45.7 Å². The number of carbonyl (C=O) groups is 2. The molecule has 3 rings (SSSR count). The first kappa shape index (κ1) is 28.1. The van der Waals surface area contributed by atoms with Crippen LogP contribution in [0.25, 0.3) is 0 Å². The van der Waals surface area contributed by atoms with Gasteiger partial charge in [-0.1, -0.05) is 30.9 Å². The van der Waals surface area contributed by atoms with Crippen LogP contribution in [0.3, 0.4) is 0 Å². The summed E-state index contributed by atoms with van der Waals surface area (Å²) >= 11 is 0. The van der Waals surface area contributed by atoms with Gasteiger partial charge in [0.25, 0.3) is 5.91 Å². The smallest absolute Gasteiger partial charge is 0.335 e. The Morgan fingerprint density at radius 2 is 1.97 bits per heavy atom. The van der Waals surface area contributed by atoms with Crippen molar-refractivity contribution in [1.82, 2.24) is 19.7 Å². The zero-order chi connectivity index (χ0) is 27.1. The third-order valence-corrected chi connectivity index (χ3v) is 6.29. The van der Waals surface area contributed by atoms with Crippen molar-refractivity contribution in [2.24, 2.45) is 5.92 Å². The summed E-state index contributed by atoms with van der Waals surface area (Å²) in [5.74, 6) is 5.15. The number of aliphatic hydroxyl groups is 1. The number of pyridine rings is 1. The van der Waals surface area contributed by atoms with Crippen LogP contribution in [-0.4, -0.2) is 101 Å². The minimum absolute atomic E-state index is 0.0377. The van der Waals surface area contributed by atoms with Gasteiger partial charge in [0.15, 0.2) is 0 Å². The van der Waals surface area contributed by atoms with E-state index in [-0.39, 0.29) is 42.0 Å². The van der Waals surface area contributed by atoms with Crippen molar-refractivity contribution < 1.29 is 24.5 Å². The van der Waals surface area contributed by atoms with Crippen LogP contribution in [0.5, 0.6) is 5.88 Å². The number of likely N-dealkylation sites (N-methyl/N-ethyl adjacent to an activating group) is 1. The number of fused-ring (bicyclic) bond motifs is 1. The highest BCUT2D eigenvalue weighted by Crippen LogP contribution is 2.27. The molecule has 2 N–H and O–H groups in total. The first-order chi connectivity index (χ1) is 17.6. The highest BCUT2D eigenvalue weighted by atomic mass is 16.5. The van der Waals surface area contributed by atoms with Gasteiger partial charge in [0.2, 0.25) is 5.88 Å². The number of aliphatic hydroxyl groups excluding tert-OH is 1. The third-order valence-electron chi connectivity index (χ3n) is 6.29. The lowest BCUT2D eigenvalue weighted by molar-refractivity contribution is 0.0325. The molecular weight excluding hydrogens is 472 g/mol. The largest absolute Gasteiger partial charge is 0.478 e. The van der Waals surface area contributed by atoms with Crippen molar-refractivity contribution >= 4 is 11.9 Å². The number of rotatable bonds is 8. The molecule has 0 unspecified atom stereocenters. The van der Waals surface area contributed by atoms with Gasteiger partial charge in [0.05, 0.1) is 24.8 Å². The minimum Gasteiger partial charge on any atom is -0.478 e. The number of carboxylic acids is 1. The van der Waals surface area contributed by atoms with E-state index in [9.17, 15) is 14.7 Å². The number of carbonyl (C=O) groups excluding carboxylic acids is 1. The summed E-state index contributed by atoms with van der Waals surface area (Å²) in [5.41, 5.74) is 2.19. The summed E-state index contributed by atoms with van der Waals surface area (Å²) < 4.78 is 6.34. The Morgan fingerprint density at radius 1 is 1.27 bits per heavy atom. The van der Waals surface area contributed by atoms with Crippen LogP contribution in [0.15, 0.2) is 36.5 Å². The zero-order valence-corrected chi connectivity index (χ0v) is 22.1. The fraction of sp³-hybridized carbons (Fsp3) is 0.464. The standard InChI is InChI=1S/C28H36N4O5/c1-19-15-32(20(2)18-33)27(34)24-13-22(7-6-12-30(3)4)14-29-26(24)37-25(19)17-31(5)16-21-8-10-23(11-9-21)28(35)36/h8-11,13-14,19-20,25,33H,12,15-18H2,1-5H3,(H,35,36)/t19-,20+,25+/m0/s1. The van der Waals surface area contributed by atoms with Gasteiger partial charge in [-0.15, -0.1) is 0 Å². The topological polar surface area (TPSA) is 106 Å². The first-order valence-corrected chi connectivity index (χ1v) is 12.3. The molecule has 0 aliphatic carbocycles. The second kappa shape index (κ2) is 12.7. The Bertz CT molecular complexity index is 1160. The number of ether oxygens (including phenoxy) is 1. The summed E-state index contributed by atoms with van der Waals surface area (Å²) in [6.07, 6.45) is 1.34. The maximum atomic E-state index is 13.5. The van der Waals surface area contributed by atoms with Crippen molar-refractivity contribution in [3.63, 3.8) is 0 Å². The van der Waals surface area contributed by atoms with Crippen molar-refractivity contribution in [3.05, 3.63) is 58.8 Å². The van der Waals surface area contributed by atoms with Crippen LogP contribution in [-0.2, 0) is 6.54 Å². The van der Waals surface area contributed by atoms with Crippen molar-refractivity contribution in [3.8, 4) is 17.7 Å². The maximum Gasteiger partial charge on any atom is 0.335 e. The van der Waals surface area contributed by atoms with Gasteiger partial charge in [-0.25, -0.2) is 9.78 Å². The number of hydrogen-bond acceptors (Lipinski definition) is 7. The summed E-state index contributed by atoms with van der Waals surface area (Å²) in [7, 11) is 5.84. The second-order valence-corrected chi connectivity index (χ2v) is 9.94. The van der Waals surface area contributed by atoms with Gasteiger partial charge in [-0.05, 0) is 51.8 Å². The molecule has 2 aromatic rings. The molecule has 0 spiro atoms. The fourth-order valence-electron chi connectivity index (χ4n) is 4.12. The SMILES string of the molecule is C[C@H](CO)N1C[C@H](C)[C@@H](CN(C)Cc2ccc(C(=O)O)cc2)Oc2ncc(C#CCN(C)C)cc2C1=O. The average Bonchev–Trinajstić information content (AvgIpc) is 2.86. The molecule has 0 radical (unpaired) electrons. The van der Waals surface area contributed by atoms with E-state index in [1.165, 1.54) is 0 Å². The minimum atomic E-state index is -0.953. The monoisotopic (exact) mass is 508 g/mol. The van der Waals surface area contributed by atoms with E-state index in [0.29, 0.717) is 37.3 Å². The summed E-state index contributed by atoms with van der Waals surface area (Å²) in [4.78, 5) is 34.8. The van der Waals surface area contributed by atoms with Crippen LogP contribution in [0, 0.1) is 17.8 Å². The molecule has 0 saturated carbocycles. The van der Waals surface area contributed by atoms with Crippen molar-refractivity contribution in [1.29, 1.82) is 0 Å². The zero-order valence-electron chi connectivity index (χ0n) is 22.1. The maximum absolute atomic E-state index is 13.5. The van der Waals surface area contributed by atoms with E-state index in [1.807, 2.05) is 39.9 Å².